The summed E-state index contributed by atoms with van der Waals surface area (Å²) in [5.41, 5.74) is 0. The predicted molar refractivity (Wildman–Crippen MR) is 108 cm³/mol. The first-order valence-electron chi connectivity index (χ1n) is 10.3. The molecule has 0 spiro atoms. The fourth-order valence-electron chi connectivity index (χ4n) is 3.74. The van der Waals surface area contributed by atoms with Gasteiger partial charge in [-0.15, -0.1) is 12.4 Å². The molecule has 2 fully saturated rings. The lowest BCUT2D eigenvalue weighted by Gasteiger charge is -2.22. The number of nitrogens with one attached hydrogen (secondary N) is 4. The highest BCUT2D eigenvalue weighted by molar-refractivity contribution is 5.85. The van der Waals surface area contributed by atoms with E-state index in [4.69, 9.17) is 0 Å². The minimum Gasteiger partial charge on any atom is -0.356 e. The normalized spacial score (nSPS) is 20.2. The Hall–Kier alpha value is -1.01. The summed E-state index contributed by atoms with van der Waals surface area (Å²) < 4.78 is 0. The van der Waals surface area contributed by atoms with Crippen LogP contribution >= 0.6 is 12.4 Å². The molecule has 0 aromatic heterocycles. The van der Waals surface area contributed by atoms with Gasteiger partial charge in [-0.25, -0.2) is 4.79 Å². The van der Waals surface area contributed by atoms with E-state index in [2.05, 4.69) is 21.3 Å². The molecule has 1 aliphatic heterocycles. The molecule has 1 aliphatic carbocycles. The van der Waals surface area contributed by atoms with Crippen LogP contribution in [-0.4, -0.2) is 44.2 Å². The summed E-state index contributed by atoms with van der Waals surface area (Å²) in [5, 5.41) is 12.3. The molecule has 1 unspecified atom stereocenters. The van der Waals surface area contributed by atoms with Gasteiger partial charge in [0.25, 0.3) is 0 Å². The molecule has 152 valence electrons. The van der Waals surface area contributed by atoms with Crippen LogP contribution in [0.3, 0.4) is 0 Å². The van der Waals surface area contributed by atoms with E-state index >= 15 is 0 Å². The van der Waals surface area contributed by atoms with Crippen LogP contribution in [0.1, 0.15) is 70.6 Å². The molecular weight excluding hydrogens is 352 g/mol. The lowest BCUT2D eigenvalue weighted by atomic mass is 9.96. The number of carbonyl (C=O) groups is 2. The molecule has 0 bridgehead atoms. The second kappa shape index (κ2) is 14.1. The average Bonchev–Trinajstić information content (AvgIpc) is 3.12. The number of unbranched alkanes of at least 4 members (excludes halogenated alkanes) is 2. The van der Waals surface area contributed by atoms with Gasteiger partial charge in [-0.3, -0.25) is 4.79 Å². The van der Waals surface area contributed by atoms with Gasteiger partial charge in [-0.05, 0) is 57.5 Å². The minimum absolute atomic E-state index is 0. The minimum atomic E-state index is -0.0361. The third-order valence-corrected chi connectivity index (χ3v) is 5.34. The molecule has 2 rings (SSSR count). The average molecular weight is 389 g/mol. The first-order chi connectivity index (χ1) is 12.2. The van der Waals surface area contributed by atoms with Crippen molar-refractivity contribution in [3.05, 3.63) is 0 Å². The van der Waals surface area contributed by atoms with Gasteiger partial charge >= 0.3 is 6.03 Å². The van der Waals surface area contributed by atoms with Crippen molar-refractivity contribution >= 4 is 24.3 Å². The number of halogens is 1. The molecular formula is C19H37ClN4O2. The first kappa shape index (κ1) is 23.0. The van der Waals surface area contributed by atoms with E-state index in [1.165, 1.54) is 25.7 Å². The quantitative estimate of drug-likeness (QED) is 0.434. The molecule has 1 saturated carbocycles. The van der Waals surface area contributed by atoms with Gasteiger partial charge in [-0.1, -0.05) is 25.7 Å². The van der Waals surface area contributed by atoms with Crippen LogP contribution in [0.4, 0.5) is 4.79 Å². The van der Waals surface area contributed by atoms with Crippen molar-refractivity contribution in [3.63, 3.8) is 0 Å². The van der Waals surface area contributed by atoms with Crippen LogP contribution in [0.5, 0.6) is 0 Å². The van der Waals surface area contributed by atoms with Crippen molar-refractivity contribution in [2.45, 2.75) is 76.7 Å². The molecule has 3 amide bonds. The van der Waals surface area contributed by atoms with Gasteiger partial charge in [-0.2, -0.15) is 0 Å². The zero-order valence-electron chi connectivity index (χ0n) is 16.0. The standard InChI is InChI=1S/C19H36N4O2.ClH/c24-18(21-14-11-16-10-13-20-15-16)9-5-2-6-12-22-19(25)23-17-7-3-1-4-8-17;/h16-17,20H,1-15H2,(H,21,24)(H2,22,23,25);1H. The molecule has 26 heavy (non-hydrogen) atoms. The summed E-state index contributed by atoms with van der Waals surface area (Å²) in [5.74, 6) is 0.889. The van der Waals surface area contributed by atoms with Crippen molar-refractivity contribution in [2.75, 3.05) is 26.2 Å². The Kier molecular flexibility index (Phi) is 12.5. The highest BCUT2D eigenvalue weighted by Crippen LogP contribution is 2.17. The number of urea groups is 1. The summed E-state index contributed by atoms with van der Waals surface area (Å²) in [7, 11) is 0. The van der Waals surface area contributed by atoms with E-state index in [1.807, 2.05) is 0 Å². The molecule has 4 N–H and O–H groups in total. The Bertz CT molecular complexity index is 397. The molecule has 1 saturated heterocycles. The van der Waals surface area contributed by atoms with Crippen molar-refractivity contribution < 1.29 is 9.59 Å². The maximum Gasteiger partial charge on any atom is 0.315 e. The van der Waals surface area contributed by atoms with Crippen LogP contribution in [0.15, 0.2) is 0 Å². The van der Waals surface area contributed by atoms with Gasteiger partial charge in [0.2, 0.25) is 5.91 Å². The van der Waals surface area contributed by atoms with E-state index in [0.717, 1.165) is 64.1 Å². The third-order valence-electron chi connectivity index (χ3n) is 5.34. The second-order valence-corrected chi connectivity index (χ2v) is 7.54. The van der Waals surface area contributed by atoms with Crippen molar-refractivity contribution in [3.8, 4) is 0 Å². The highest BCUT2D eigenvalue weighted by atomic mass is 35.5. The van der Waals surface area contributed by atoms with E-state index in [-0.39, 0.29) is 24.3 Å². The topological polar surface area (TPSA) is 82.3 Å². The van der Waals surface area contributed by atoms with Gasteiger partial charge in [0.15, 0.2) is 0 Å². The largest absolute Gasteiger partial charge is 0.356 e. The summed E-state index contributed by atoms with van der Waals surface area (Å²) >= 11 is 0. The Labute approximate surface area is 164 Å². The SMILES string of the molecule is Cl.O=C(CCCCCNC(=O)NC1CCCCC1)NCCC1CCNC1. The smallest absolute Gasteiger partial charge is 0.315 e. The third kappa shape index (κ3) is 10.2. The lowest BCUT2D eigenvalue weighted by molar-refractivity contribution is -0.121. The molecule has 7 heteroatoms. The first-order valence-corrected chi connectivity index (χ1v) is 10.3. The number of hydrogen-bond acceptors (Lipinski definition) is 3. The molecule has 0 radical (unpaired) electrons. The van der Waals surface area contributed by atoms with Crippen LogP contribution < -0.4 is 21.3 Å². The van der Waals surface area contributed by atoms with E-state index in [0.29, 0.717) is 19.0 Å². The summed E-state index contributed by atoms with van der Waals surface area (Å²) in [4.78, 5) is 23.6. The van der Waals surface area contributed by atoms with E-state index < -0.39 is 0 Å². The van der Waals surface area contributed by atoms with Crippen LogP contribution in [0.25, 0.3) is 0 Å². The van der Waals surface area contributed by atoms with Crippen molar-refractivity contribution in [1.29, 1.82) is 0 Å². The van der Waals surface area contributed by atoms with Crippen LogP contribution in [0, 0.1) is 5.92 Å². The van der Waals surface area contributed by atoms with Crippen molar-refractivity contribution in [2.24, 2.45) is 5.92 Å². The number of rotatable bonds is 10. The fraction of sp³-hybridized carbons (Fsp3) is 0.895. The summed E-state index contributed by atoms with van der Waals surface area (Å²) in [6.45, 7) is 3.70. The Morgan fingerprint density at radius 3 is 2.46 bits per heavy atom. The van der Waals surface area contributed by atoms with Gasteiger partial charge in [0.05, 0.1) is 0 Å². The maximum absolute atomic E-state index is 11.8. The zero-order chi connectivity index (χ0) is 17.7. The van der Waals surface area contributed by atoms with Gasteiger partial charge < -0.3 is 21.3 Å². The number of hydrogen-bond donors (Lipinski definition) is 4. The summed E-state index contributed by atoms with van der Waals surface area (Å²) in [6, 6.07) is 0.323. The fourth-order valence-corrected chi connectivity index (χ4v) is 3.74. The molecule has 0 aromatic carbocycles. The Morgan fingerprint density at radius 1 is 0.923 bits per heavy atom. The van der Waals surface area contributed by atoms with Crippen LogP contribution in [0.2, 0.25) is 0 Å². The predicted octanol–water partition coefficient (Wildman–Crippen LogP) is 2.72. The lowest BCUT2D eigenvalue weighted by Crippen LogP contribution is -2.43. The molecule has 6 nitrogen and oxygen atoms in total. The molecule has 0 aromatic rings. The monoisotopic (exact) mass is 388 g/mol. The number of carbonyl (C=O) groups excluding carboxylic acids is 2. The van der Waals surface area contributed by atoms with Crippen molar-refractivity contribution in [1.82, 2.24) is 21.3 Å². The Balaban J connectivity index is 0.00000338. The number of amides is 3. The molecule has 2 aliphatic rings. The molecule has 1 heterocycles. The van der Waals surface area contributed by atoms with E-state index in [9.17, 15) is 9.59 Å². The second-order valence-electron chi connectivity index (χ2n) is 7.54. The maximum atomic E-state index is 11.8. The van der Waals surface area contributed by atoms with Gasteiger partial charge in [0, 0.05) is 25.6 Å². The Morgan fingerprint density at radius 2 is 1.73 bits per heavy atom. The van der Waals surface area contributed by atoms with E-state index in [1.54, 1.807) is 0 Å². The summed E-state index contributed by atoms with van der Waals surface area (Å²) in [6.07, 6.45) is 11.7. The molecule has 1 atom stereocenters. The highest BCUT2D eigenvalue weighted by Gasteiger charge is 2.15. The zero-order valence-corrected chi connectivity index (χ0v) is 16.8. The van der Waals surface area contributed by atoms with Gasteiger partial charge in [0.1, 0.15) is 0 Å². The van der Waals surface area contributed by atoms with Crippen LogP contribution in [-0.2, 0) is 4.79 Å².